The Hall–Kier alpha value is -1.68. The number of nitrogens with one attached hydrogen (secondary N) is 1. The quantitative estimate of drug-likeness (QED) is 0.843. The van der Waals surface area contributed by atoms with Crippen molar-refractivity contribution >= 4 is 17.3 Å². The molecule has 19 heavy (non-hydrogen) atoms. The highest BCUT2D eigenvalue weighted by Gasteiger charge is 2.15. The van der Waals surface area contributed by atoms with E-state index in [9.17, 15) is 13.2 Å². The van der Waals surface area contributed by atoms with Crippen LogP contribution in [0.4, 0.5) is 18.9 Å². The van der Waals surface area contributed by atoms with Crippen molar-refractivity contribution in [1.82, 2.24) is 0 Å². The van der Waals surface area contributed by atoms with Gasteiger partial charge in [-0.1, -0.05) is 17.7 Å². The van der Waals surface area contributed by atoms with E-state index in [-0.39, 0.29) is 16.3 Å². The van der Waals surface area contributed by atoms with Gasteiger partial charge < -0.3 is 5.32 Å². The summed E-state index contributed by atoms with van der Waals surface area (Å²) < 4.78 is 40.3. The zero-order valence-corrected chi connectivity index (χ0v) is 10.8. The van der Waals surface area contributed by atoms with Gasteiger partial charge in [0, 0.05) is 5.56 Å². The van der Waals surface area contributed by atoms with Gasteiger partial charge in [0.2, 0.25) is 0 Å². The van der Waals surface area contributed by atoms with E-state index in [0.717, 1.165) is 18.2 Å². The Morgan fingerprint density at radius 3 is 2.47 bits per heavy atom. The first-order chi connectivity index (χ1) is 8.99. The zero-order chi connectivity index (χ0) is 14.0. The van der Waals surface area contributed by atoms with Crippen LogP contribution in [0, 0.1) is 17.5 Å². The molecule has 0 aliphatic carbocycles. The number of benzene rings is 2. The zero-order valence-electron chi connectivity index (χ0n) is 10.1. The molecule has 2 aromatic rings. The van der Waals surface area contributed by atoms with Crippen LogP contribution < -0.4 is 5.32 Å². The maximum atomic E-state index is 13.6. The van der Waals surface area contributed by atoms with Crippen LogP contribution in [0.5, 0.6) is 0 Å². The predicted molar refractivity (Wildman–Crippen MR) is 69.8 cm³/mol. The molecule has 0 aliphatic rings. The van der Waals surface area contributed by atoms with E-state index in [4.69, 9.17) is 11.6 Å². The highest BCUT2D eigenvalue weighted by atomic mass is 35.5. The third-order valence-corrected chi connectivity index (χ3v) is 3.06. The second-order valence-electron chi connectivity index (χ2n) is 4.13. The fourth-order valence-corrected chi connectivity index (χ4v) is 1.99. The Morgan fingerprint density at radius 1 is 1.05 bits per heavy atom. The molecule has 5 heteroatoms. The Morgan fingerprint density at radius 2 is 1.79 bits per heavy atom. The third kappa shape index (κ3) is 3.01. The molecule has 0 aliphatic heterocycles. The topological polar surface area (TPSA) is 12.0 Å². The molecule has 1 unspecified atom stereocenters. The van der Waals surface area contributed by atoms with E-state index in [1.165, 1.54) is 18.2 Å². The molecule has 2 rings (SSSR count). The van der Waals surface area contributed by atoms with Gasteiger partial charge in [-0.05, 0) is 37.3 Å². The maximum absolute atomic E-state index is 13.6. The number of para-hydroxylation sites is 1. The second kappa shape index (κ2) is 5.53. The van der Waals surface area contributed by atoms with Gasteiger partial charge in [-0.25, -0.2) is 13.2 Å². The summed E-state index contributed by atoms with van der Waals surface area (Å²) in [5.41, 5.74) is 0.180. The van der Waals surface area contributed by atoms with Gasteiger partial charge >= 0.3 is 0 Å². The van der Waals surface area contributed by atoms with Crippen molar-refractivity contribution in [2.45, 2.75) is 13.0 Å². The van der Waals surface area contributed by atoms with E-state index in [2.05, 4.69) is 5.32 Å². The SMILES string of the molecule is CC(Nc1c(F)cccc1Cl)c1cc(F)ccc1F. The van der Waals surface area contributed by atoms with E-state index >= 15 is 0 Å². The van der Waals surface area contributed by atoms with E-state index in [1.807, 2.05) is 0 Å². The summed E-state index contributed by atoms with van der Waals surface area (Å²) in [6, 6.07) is 6.74. The smallest absolute Gasteiger partial charge is 0.147 e. The summed E-state index contributed by atoms with van der Waals surface area (Å²) in [6.07, 6.45) is 0. The minimum Gasteiger partial charge on any atom is -0.375 e. The molecule has 0 saturated carbocycles. The summed E-state index contributed by atoms with van der Waals surface area (Å²) in [5.74, 6) is -1.66. The summed E-state index contributed by atoms with van der Waals surface area (Å²) in [7, 11) is 0. The largest absolute Gasteiger partial charge is 0.375 e. The summed E-state index contributed by atoms with van der Waals surface area (Å²) in [4.78, 5) is 0. The van der Waals surface area contributed by atoms with Crippen molar-refractivity contribution < 1.29 is 13.2 Å². The van der Waals surface area contributed by atoms with Gasteiger partial charge in [0.15, 0.2) is 0 Å². The Labute approximate surface area is 114 Å². The average molecular weight is 286 g/mol. The molecule has 0 amide bonds. The molecule has 0 heterocycles. The van der Waals surface area contributed by atoms with Gasteiger partial charge in [0.05, 0.1) is 16.8 Å². The molecule has 0 saturated heterocycles. The highest BCUT2D eigenvalue weighted by Crippen LogP contribution is 2.29. The van der Waals surface area contributed by atoms with Crippen LogP contribution in [0.15, 0.2) is 36.4 Å². The lowest BCUT2D eigenvalue weighted by Gasteiger charge is -2.18. The van der Waals surface area contributed by atoms with Crippen LogP contribution >= 0.6 is 11.6 Å². The van der Waals surface area contributed by atoms with Gasteiger partial charge in [0.1, 0.15) is 17.5 Å². The van der Waals surface area contributed by atoms with Crippen LogP contribution in [-0.4, -0.2) is 0 Å². The molecule has 1 atom stereocenters. The van der Waals surface area contributed by atoms with Crippen LogP contribution in [0.1, 0.15) is 18.5 Å². The number of rotatable bonds is 3. The highest BCUT2D eigenvalue weighted by molar-refractivity contribution is 6.33. The fourth-order valence-electron chi connectivity index (χ4n) is 1.78. The third-order valence-electron chi connectivity index (χ3n) is 2.75. The molecule has 100 valence electrons. The standard InChI is InChI=1S/C14H11ClF3N/c1-8(10-7-9(16)5-6-12(10)17)19-14-11(15)3-2-4-13(14)18/h2-8,19H,1H3. The Bertz CT molecular complexity index is 581. The molecule has 0 bridgehead atoms. The lowest BCUT2D eigenvalue weighted by molar-refractivity contribution is 0.575. The van der Waals surface area contributed by atoms with Gasteiger partial charge in [0.25, 0.3) is 0 Å². The van der Waals surface area contributed by atoms with E-state index < -0.39 is 23.5 Å². The van der Waals surface area contributed by atoms with Gasteiger partial charge in [-0.3, -0.25) is 0 Å². The maximum Gasteiger partial charge on any atom is 0.147 e. The molecule has 0 spiro atoms. The summed E-state index contributed by atoms with van der Waals surface area (Å²) >= 11 is 5.86. The van der Waals surface area contributed by atoms with Gasteiger partial charge in [-0.2, -0.15) is 0 Å². The number of hydrogen-bond donors (Lipinski definition) is 1. The van der Waals surface area contributed by atoms with Crippen molar-refractivity contribution in [1.29, 1.82) is 0 Å². The molecule has 0 radical (unpaired) electrons. The molecule has 0 fully saturated rings. The van der Waals surface area contributed by atoms with Crippen molar-refractivity contribution in [2.24, 2.45) is 0 Å². The van der Waals surface area contributed by atoms with Crippen molar-refractivity contribution in [2.75, 3.05) is 5.32 Å². The van der Waals surface area contributed by atoms with Crippen LogP contribution in [0.2, 0.25) is 5.02 Å². The minimum absolute atomic E-state index is 0.0697. The van der Waals surface area contributed by atoms with E-state index in [1.54, 1.807) is 6.92 Å². The summed E-state index contributed by atoms with van der Waals surface area (Å²) in [5, 5.41) is 2.93. The van der Waals surface area contributed by atoms with Crippen LogP contribution in [0.25, 0.3) is 0 Å². The Balaban J connectivity index is 2.31. The molecule has 0 aromatic heterocycles. The predicted octanol–water partition coefficient (Wildman–Crippen LogP) is 4.93. The number of halogens is 4. The molecule has 1 N–H and O–H groups in total. The number of hydrogen-bond acceptors (Lipinski definition) is 1. The molecular weight excluding hydrogens is 275 g/mol. The van der Waals surface area contributed by atoms with Crippen molar-refractivity contribution in [3.05, 3.63) is 64.4 Å². The monoisotopic (exact) mass is 285 g/mol. The molecular formula is C14H11ClF3N. The second-order valence-corrected chi connectivity index (χ2v) is 4.54. The first kappa shape index (κ1) is 13.7. The Kier molecular flexibility index (Phi) is 4.00. The van der Waals surface area contributed by atoms with Crippen LogP contribution in [-0.2, 0) is 0 Å². The van der Waals surface area contributed by atoms with Crippen LogP contribution in [0.3, 0.4) is 0 Å². The first-order valence-electron chi connectivity index (χ1n) is 5.64. The summed E-state index contributed by atoms with van der Waals surface area (Å²) in [6.45, 7) is 1.60. The molecule has 1 nitrogen and oxygen atoms in total. The number of anilines is 1. The van der Waals surface area contributed by atoms with E-state index in [0.29, 0.717) is 0 Å². The first-order valence-corrected chi connectivity index (χ1v) is 6.02. The van der Waals surface area contributed by atoms with Gasteiger partial charge in [-0.15, -0.1) is 0 Å². The fraction of sp³-hybridized carbons (Fsp3) is 0.143. The lowest BCUT2D eigenvalue weighted by Crippen LogP contribution is -2.10. The lowest BCUT2D eigenvalue weighted by atomic mass is 10.1. The van der Waals surface area contributed by atoms with Crippen molar-refractivity contribution in [3.63, 3.8) is 0 Å². The average Bonchev–Trinajstić information content (AvgIpc) is 2.37. The molecule has 2 aromatic carbocycles. The minimum atomic E-state index is -0.620. The van der Waals surface area contributed by atoms with Crippen molar-refractivity contribution in [3.8, 4) is 0 Å². The normalized spacial score (nSPS) is 12.3.